The van der Waals surface area contributed by atoms with Gasteiger partial charge >= 0.3 is 17.9 Å². The molecule has 0 aliphatic rings. The molecular weight excluding hydrogens is 685 g/mol. The molecule has 0 aliphatic heterocycles. The summed E-state index contributed by atoms with van der Waals surface area (Å²) in [6.45, 7) is 6.30. The van der Waals surface area contributed by atoms with Gasteiger partial charge in [0, 0.05) is 12.8 Å². The van der Waals surface area contributed by atoms with E-state index in [0.717, 1.165) is 103 Å². The highest BCUT2D eigenvalue weighted by molar-refractivity contribution is 5.72. The summed E-state index contributed by atoms with van der Waals surface area (Å²) in [5.74, 6) is -1.08. The van der Waals surface area contributed by atoms with Crippen LogP contribution in [0.1, 0.15) is 188 Å². The van der Waals surface area contributed by atoms with Crippen LogP contribution in [0.4, 0.5) is 0 Å². The largest absolute Gasteiger partial charge is 0.462 e. The second-order valence-corrected chi connectivity index (χ2v) is 14.2. The van der Waals surface area contributed by atoms with Crippen molar-refractivity contribution in [2.24, 2.45) is 0 Å². The van der Waals surface area contributed by atoms with Gasteiger partial charge in [-0.1, -0.05) is 164 Å². The van der Waals surface area contributed by atoms with Gasteiger partial charge in [-0.2, -0.15) is 0 Å². The number of unbranched alkanes of at least 4 members (excludes halogenated alkanes) is 14. The monoisotopic (exact) mass is 765 g/mol. The molecule has 0 fully saturated rings. The lowest BCUT2D eigenvalue weighted by atomic mass is 10.1. The minimum Gasteiger partial charge on any atom is -0.462 e. The predicted octanol–water partition coefficient (Wildman–Crippen LogP) is 14.1. The second-order valence-electron chi connectivity index (χ2n) is 14.2. The Balaban J connectivity index is 4.54. The van der Waals surface area contributed by atoms with Crippen LogP contribution in [0, 0.1) is 0 Å². The van der Waals surface area contributed by atoms with Crippen LogP contribution < -0.4 is 0 Å². The summed E-state index contributed by atoms with van der Waals surface area (Å²) in [6.07, 6.45) is 54.5. The zero-order chi connectivity index (χ0) is 40.1. The molecule has 1 atom stereocenters. The standard InChI is InChI=1S/C49H80O6/c1-4-7-10-13-16-19-22-24-25-26-28-30-33-36-39-42-48(51)54-45-46(44-53-47(50)41-38-35-32-29-21-18-15-12-9-6-3)55-49(52)43-40-37-34-31-27-23-20-17-14-11-8-5-2/h7,10,12,15-17,19-20,24-25,28,30,36,39,46H,4-6,8-9,11,13-14,18,21-23,26-27,29,31-35,37-38,40-45H2,1-3H3/b10-7-,15-12-,19-16-,20-17-,25-24-,30-28-,39-36-. The van der Waals surface area contributed by atoms with Gasteiger partial charge in [-0.05, 0) is 89.9 Å². The topological polar surface area (TPSA) is 78.9 Å². The second kappa shape index (κ2) is 43.3. The Hall–Kier alpha value is -3.41. The highest BCUT2D eigenvalue weighted by atomic mass is 16.6. The fraction of sp³-hybridized carbons (Fsp3) is 0.653. The molecule has 0 bridgehead atoms. The highest BCUT2D eigenvalue weighted by Crippen LogP contribution is 2.12. The van der Waals surface area contributed by atoms with Gasteiger partial charge in [-0.3, -0.25) is 14.4 Å². The number of ether oxygens (including phenoxy) is 3. The van der Waals surface area contributed by atoms with Gasteiger partial charge in [-0.25, -0.2) is 0 Å². The maximum Gasteiger partial charge on any atom is 0.309 e. The summed E-state index contributed by atoms with van der Waals surface area (Å²) in [7, 11) is 0. The Morgan fingerprint density at radius 3 is 1.33 bits per heavy atom. The number of hydrogen-bond acceptors (Lipinski definition) is 6. The van der Waals surface area contributed by atoms with Gasteiger partial charge in [0.25, 0.3) is 0 Å². The van der Waals surface area contributed by atoms with Gasteiger partial charge in [0.2, 0.25) is 0 Å². The molecule has 0 saturated carbocycles. The van der Waals surface area contributed by atoms with E-state index in [9.17, 15) is 14.4 Å². The lowest BCUT2D eigenvalue weighted by Crippen LogP contribution is -2.30. The van der Waals surface area contributed by atoms with E-state index in [1.807, 2.05) is 6.08 Å². The smallest absolute Gasteiger partial charge is 0.309 e. The Bertz CT molecular complexity index is 1110. The minimum absolute atomic E-state index is 0.115. The molecule has 0 radical (unpaired) electrons. The first-order valence-corrected chi connectivity index (χ1v) is 22.1. The van der Waals surface area contributed by atoms with Crippen LogP contribution in [0.2, 0.25) is 0 Å². The molecule has 1 unspecified atom stereocenters. The summed E-state index contributed by atoms with van der Waals surface area (Å²) < 4.78 is 16.5. The fourth-order valence-electron chi connectivity index (χ4n) is 5.57. The summed E-state index contributed by atoms with van der Waals surface area (Å²) in [6, 6.07) is 0. The number of rotatable bonds is 38. The first-order chi connectivity index (χ1) is 27.0. The van der Waals surface area contributed by atoms with Crippen molar-refractivity contribution in [2.45, 2.75) is 194 Å². The molecule has 0 rings (SSSR count). The van der Waals surface area contributed by atoms with Crippen LogP contribution in [0.15, 0.2) is 85.1 Å². The van der Waals surface area contributed by atoms with Gasteiger partial charge in [0.05, 0.1) is 6.42 Å². The number of carbonyl (C=O) groups is 3. The summed E-state index contributed by atoms with van der Waals surface area (Å²) in [5, 5.41) is 0. The number of allylic oxidation sites excluding steroid dienone is 13. The van der Waals surface area contributed by atoms with E-state index in [-0.39, 0.29) is 31.6 Å². The normalized spacial score (nSPS) is 12.9. The molecule has 0 aromatic carbocycles. The van der Waals surface area contributed by atoms with E-state index in [1.165, 1.54) is 44.9 Å². The van der Waals surface area contributed by atoms with E-state index < -0.39 is 12.1 Å². The van der Waals surface area contributed by atoms with Crippen molar-refractivity contribution in [1.29, 1.82) is 0 Å². The zero-order valence-corrected chi connectivity index (χ0v) is 35.4. The SMILES string of the molecule is CC/C=C\C/C=C\C/C=C\C/C=C\C/C=C\CC(=O)OCC(COC(=O)CCCCCCC/C=C\CCC)OC(=O)CCCCCCC/C=C\CCCCC. The fourth-order valence-corrected chi connectivity index (χ4v) is 5.57. The van der Waals surface area contributed by atoms with Gasteiger partial charge < -0.3 is 14.2 Å². The van der Waals surface area contributed by atoms with Gasteiger partial charge in [-0.15, -0.1) is 0 Å². The average Bonchev–Trinajstić information content (AvgIpc) is 3.18. The number of carbonyl (C=O) groups excluding carboxylic acids is 3. The van der Waals surface area contributed by atoms with Crippen molar-refractivity contribution in [3.8, 4) is 0 Å². The van der Waals surface area contributed by atoms with Crippen molar-refractivity contribution in [3.05, 3.63) is 85.1 Å². The Kier molecular flexibility index (Phi) is 40.6. The van der Waals surface area contributed by atoms with Crippen LogP contribution >= 0.6 is 0 Å². The van der Waals surface area contributed by atoms with Crippen LogP contribution in [-0.4, -0.2) is 37.2 Å². The number of hydrogen-bond donors (Lipinski definition) is 0. The molecule has 0 aromatic rings. The molecule has 0 amide bonds. The maximum absolute atomic E-state index is 12.7. The molecule has 0 spiro atoms. The Morgan fingerprint density at radius 2 is 0.818 bits per heavy atom. The summed E-state index contributed by atoms with van der Waals surface area (Å²) in [4.78, 5) is 37.6. The third kappa shape index (κ3) is 41.6. The van der Waals surface area contributed by atoms with Gasteiger partial charge in [0.15, 0.2) is 6.10 Å². The quantitative estimate of drug-likeness (QED) is 0.0270. The van der Waals surface area contributed by atoms with Crippen molar-refractivity contribution < 1.29 is 28.6 Å². The Morgan fingerprint density at radius 1 is 0.400 bits per heavy atom. The van der Waals surface area contributed by atoms with Crippen molar-refractivity contribution in [1.82, 2.24) is 0 Å². The molecule has 0 saturated heterocycles. The van der Waals surface area contributed by atoms with Gasteiger partial charge in [0.1, 0.15) is 13.2 Å². The van der Waals surface area contributed by atoms with Crippen molar-refractivity contribution >= 4 is 17.9 Å². The molecule has 0 aliphatic carbocycles. The summed E-state index contributed by atoms with van der Waals surface area (Å²) in [5.41, 5.74) is 0. The molecule has 312 valence electrons. The Labute approximate surface area is 337 Å². The molecule has 0 aromatic heterocycles. The van der Waals surface area contributed by atoms with Crippen LogP contribution in [0.5, 0.6) is 0 Å². The maximum atomic E-state index is 12.7. The summed E-state index contributed by atoms with van der Waals surface area (Å²) >= 11 is 0. The lowest BCUT2D eigenvalue weighted by Gasteiger charge is -2.18. The third-order valence-electron chi connectivity index (χ3n) is 8.87. The minimum atomic E-state index is -0.821. The first kappa shape index (κ1) is 51.6. The van der Waals surface area contributed by atoms with E-state index in [0.29, 0.717) is 12.8 Å². The zero-order valence-electron chi connectivity index (χ0n) is 35.4. The molecular formula is C49H80O6. The molecule has 6 nitrogen and oxygen atoms in total. The predicted molar refractivity (Wildman–Crippen MR) is 233 cm³/mol. The lowest BCUT2D eigenvalue weighted by molar-refractivity contribution is -0.166. The molecule has 6 heteroatoms. The molecule has 0 N–H and O–H groups in total. The van der Waals surface area contributed by atoms with E-state index >= 15 is 0 Å². The number of esters is 3. The third-order valence-corrected chi connectivity index (χ3v) is 8.87. The molecule has 0 heterocycles. The van der Waals surface area contributed by atoms with Crippen LogP contribution in [0.25, 0.3) is 0 Å². The molecule has 55 heavy (non-hydrogen) atoms. The first-order valence-electron chi connectivity index (χ1n) is 22.1. The van der Waals surface area contributed by atoms with E-state index in [4.69, 9.17) is 14.2 Å². The van der Waals surface area contributed by atoms with Crippen LogP contribution in [-0.2, 0) is 28.6 Å². The van der Waals surface area contributed by atoms with Crippen molar-refractivity contribution in [3.63, 3.8) is 0 Å². The van der Waals surface area contributed by atoms with E-state index in [1.54, 1.807) is 6.08 Å². The average molecular weight is 765 g/mol. The van der Waals surface area contributed by atoms with Crippen molar-refractivity contribution in [2.75, 3.05) is 13.2 Å². The van der Waals surface area contributed by atoms with E-state index in [2.05, 4.69) is 93.7 Å². The van der Waals surface area contributed by atoms with Crippen LogP contribution in [0.3, 0.4) is 0 Å². The highest BCUT2D eigenvalue weighted by Gasteiger charge is 2.19.